The van der Waals surface area contributed by atoms with Gasteiger partial charge in [-0.1, -0.05) is 42.8 Å². The van der Waals surface area contributed by atoms with E-state index in [0.29, 0.717) is 37.3 Å². The van der Waals surface area contributed by atoms with E-state index in [1.54, 1.807) is 15.6 Å². The molecule has 4 aromatic rings. The van der Waals surface area contributed by atoms with Gasteiger partial charge in [-0.05, 0) is 65.3 Å². The first-order valence-electron chi connectivity index (χ1n) is 14.5. The van der Waals surface area contributed by atoms with Crippen LogP contribution in [0.1, 0.15) is 97.6 Å². The minimum atomic E-state index is -0.585. The molecular formula is C31H38ClFN8O3. The number of benzene rings is 1. The molecule has 1 amide bonds. The van der Waals surface area contributed by atoms with Crippen LogP contribution >= 0.6 is 11.6 Å². The molecule has 13 heteroatoms. The fourth-order valence-corrected chi connectivity index (χ4v) is 5.68. The van der Waals surface area contributed by atoms with Crippen molar-refractivity contribution < 1.29 is 18.7 Å². The van der Waals surface area contributed by atoms with Crippen LogP contribution in [0.15, 0.2) is 30.5 Å². The van der Waals surface area contributed by atoms with Gasteiger partial charge in [0.05, 0.1) is 30.0 Å². The summed E-state index contributed by atoms with van der Waals surface area (Å²) in [5.41, 5.74) is 2.70. The molecule has 5 rings (SSSR count). The van der Waals surface area contributed by atoms with E-state index >= 15 is 0 Å². The Morgan fingerprint density at radius 1 is 1.07 bits per heavy atom. The first-order chi connectivity index (χ1) is 20.5. The summed E-state index contributed by atoms with van der Waals surface area (Å²) in [5.74, 6) is -1.18. The van der Waals surface area contributed by atoms with Crippen molar-refractivity contribution in [3.8, 4) is 5.69 Å². The summed E-state index contributed by atoms with van der Waals surface area (Å²) in [6.07, 6.45) is 2.56. The summed E-state index contributed by atoms with van der Waals surface area (Å²) >= 11 is 5.95. The maximum absolute atomic E-state index is 14.8. The van der Waals surface area contributed by atoms with Gasteiger partial charge >= 0.3 is 5.97 Å². The molecule has 234 valence electrons. The zero-order valence-electron chi connectivity index (χ0n) is 26.4. The number of nitrogens with zero attached hydrogens (tertiary/aromatic N) is 8. The SMILES string of the molecule is Cc1cc(C(=O)OC(C)(C)C)c(C)n1Cc1cn(C2CCN(C(=O)c3nnn(-c4ccc(Cl)cc4F)c3C(C)(C)C)C2)nn1. The first-order valence-corrected chi connectivity index (χ1v) is 14.9. The molecule has 1 saturated heterocycles. The third-order valence-corrected chi connectivity index (χ3v) is 7.85. The lowest BCUT2D eigenvalue weighted by molar-refractivity contribution is 0.00684. The van der Waals surface area contributed by atoms with E-state index in [1.807, 2.05) is 72.2 Å². The molecule has 1 aliphatic heterocycles. The van der Waals surface area contributed by atoms with Gasteiger partial charge in [-0.2, -0.15) is 0 Å². The summed E-state index contributed by atoms with van der Waals surface area (Å²) in [7, 11) is 0. The van der Waals surface area contributed by atoms with Gasteiger partial charge in [0.2, 0.25) is 0 Å². The molecular weight excluding hydrogens is 587 g/mol. The number of carbonyl (C=O) groups excluding carboxylic acids is 2. The number of esters is 1. The normalized spacial score (nSPS) is 15.7. The molecule has 4 heterocycles. The number of halogens is 2. The third-order valence-electron chi connectivity index (χ3n) is 7.62. The average molecular weight is 625 g/mol. The minimum absolute atomic E-state index is 0.0776. The smallest absolute Gasteiger partial charge is 0.340 e. The monoisotopic (exact) mass is 624 g/mol. The van der Waals surface area contributed by atoms with Gasteiger partial charge in [-0.25, -0.2) is 18.5 Å². The minimum Gasteiger partial charge on any atom is -0.456 e. The third kappa shape index (κ3) is 6.26. The Bertz CT molecular complexity index is 1730. The second kappa shape index (κ2) is 11.5. The number of hydrogen-bond donors (Lipinski definition) is 0. The predicted molar refractivity (Wildman–Crippen MR) is 163 cm³/mol. The summed E-state index contributed by atoms with van der Waals surface area (Å²) < 4.78 is 25.6. The molecule has 1 aromatic carbocycles. The summed E-state index contributed by atoms with van der Waals surface area (Å²) in [5, 5.41) is 17.4. The van der Waals surface area contributed by atoms with Crippen molar-refractivity contribution >= 4 is 23.5 Å². The Balaban J connectivity index is 1.32. The molecule has 0 N–H and O–H groups in total. The van der Waals surface area contributed by atoms with Crippen LogP contribution in [0.2, 0.25) is 5.02 Å². The molecule has 0 saturated carbocycles. The predicted octanol–water partition coefficient (Wildman–Crippen LogP) is 5.46. The van der Waals surface area contributed by atoms with Crippen LogP contribution in [0, 0.1) is 19.7 Å². The van der Waals surface area contributed by atoms with E-state index in [1.165, 1.54) is 16.8 Å². The molecule has 1 atom stereocenters. The van der Waals surface area contributed by atoms with Crippen molar-refractivity contribution in [2.75, 3.05) is 13.1 Å². The van der Waals surface area contributed by atoms with E-state index < -0.39 is 16.8 Å². The lowest BCUT2D eigenvalue weighted by atomic mass is 9.90. The maximum Gasteiger partial charge on any atom is 0.340 e. The van der Waals surface area contributed by atoms with E-state index in [0.717, 1.165) is 17.1 Å². The van der Waals surface area contributed by atoms with Crippen LogP contribution in [0.5, 0.6) is 0 Å². The Labute approximate surface area is 260 Å². The summed E-state index contributed by atoms with van der Waals surface area (Å²) in [6.45, 7) is 16.5. The van der Waals surface area contributed by atoms with Gasteiger partial charge in [0.15, 0.2) is 5.69 Å². The number of aryl methyl sites for hydroxylation is 1. The van der Waals surface area contributed by atoms with Crippen LogP contribution in [0.25, 0.3) is 5.69 Å². The van der Waals surface area contributed by atoms with Crippen LogP contribution in [-0.4, -0.2) is 70.0 Å². The number of carbonyl (C=O) groups is 2. The van der Waals surface area contributed by atoms with E-state index in [9.17, 15) is 14.0 Å². The van der Waals surface area contributed by atoms with E-state index in [4.69, 9.17) is 16.3 Å². The van der Waals surface area contributed by atoms with Crippen molar-refractivity contribution in [3.63, 3.8) is 0 Å². The standard InChI is InChI=1S/C31H38ClFN8O3/c1-18-13-23(29(43)44-31(6,7)8)19(2)39(18)15-21-16-40(36-34-21)22-11-12-38(17-22)28(42)26-27(30(3,4)5)41(37-35-26)25-10-9-20(32)14-24(25)33/h9-10,13-14,16,22H,11-12,15,17H2,1-8H3. The largest absolute Gasteiger partial charge is 0.456 e. The number of aromatic nitrogens is 7. The van der Waals surface area contributed by atoms with Gasteiger partial charge in [-0.15, -0.1) is 10.2 Å². The lowest BCUT2D eigenvalue weighted by Crippen LogP contribution is -2.32. The zero-order chi connectivity index (χ0) is 32.1. The summed E-state index contributed by atoms with van der Waals surface area (Å²) in [6, 6.07) is 6.07. The molecule has 0 radical (unpaired) electrons. The van der Waals surface area contributed by atoms with Crippen molar-refractivity contribution in [1.29, 1.82) is 0 Å². The number of rotatable bonds is 6. The van der Waals surface area contributed by atoms with Crippen molar-refractivity contribution in [1.82, 2.24) is 39.5 Å². The number of hydrogen-bond acceptors (Lipinski definition) is 7. The molecule has 3 aromatic heterocycles. The van der Waals surface area contributed by atoms with Crippen LogP contribution in [-0.2, 0) is 16.7 Å². The molecule has 1 aliphatic rings. The fraction of sp³-hybridized carbons (Fsp3) is 0.484. The quantitative estimate of drug-likeness (QED) is 0.262. The Hall–Kier alpha value is -4.06. The number of amides is 1. The van der Waals surface area contributed by atoms with E-state index in [-0.39, 0.29) is 34.3 Å². The highest BCUT2D eigenvalue weighted by Gasteiger charge is 2.36. The molecule has 0 spiro atoms. The highest BCUT2D eigenvalue weighted by molar-refractivity contribution is 6.30. The molecule has 1 fully saturated rings. The zero-order valence-corrected chi connectivity index (χ0v) is 27.1. The van der Waals surface area contributed by atoms with Gasteiger partial charge in [0, 0.05) is 34.9 Å². The van der Waals surface area contributed by atoms with Crippen molar-refractivity contribution in [3.05, 3.63) is 75.3 Å². The lowest BCUT2D eigenvalue weighted by Gasteiger charge is -2.23. The van der Waals surface area contributed by atoms with Crippen molar-refractivity contribution in [2.24, 2.45) is 0 Å². The Kier molecular flexibility index (Phi) is 8.17. The highest BCUT2D eigenvalue weighted by atomic mass is 35.5. The Morgan fingerprint density at radius 2 is 1.80 bits per heavy atom. The fourth-order valence-electron chi connectivity index (χ4n) is 5.52. The molecule has 0 bridgehead atoms. The number of ether oxygens (including phenoxy) is 1. The Morgan fingerprint density at radius 3 is 2.45 bits per heavy atom. The molecule has 1 unspecified atom stereocenters. The van der Waals surface area contributed by atoms with Crippen molar-refractivity contribution in [2.45, 2.75) is 85.4 Å². The molecule has 11 nitrogen and oxygen atoms in total. The number of likely N-dealkylation sites (tertiary alicyclic amines) is 1. The second-order valence-electron chi connectivity index (χ2n) is 13.3. The maximum atomic E-state index is 14.8. The van der Waals surface area contributed by atoms with E-state index in [2.05, 4.69) is 20.6 Å². The first kappa shape index (κ1) is 31.4. The van der Waals surface area contributed by atoms with Gasteiger partial charge in [0.1, 0.15) is 22.8 Å². The van der Waals surface area contributed by atoms with Crippen LogP contribution in [0.4, 0.5) is 4.39 Å². The average Bonchev–Trinajstić information content (AvgIpc) is 3.70. The molecule has 0 aliphatic carbocycles. The van der Waals surface area contributed by atoms with Gasteiger partial charge in [-0.3, -0.25) is 4.79 Å². The van der Waals surface area contributed by atoms with Gasteiger partial charge < -0.3 is 14.2 Å². The topological polar surface area (TPSA) is 113 Å². The van der Waals surface area contributed by atoms with Gasteiger partial charge in [0.25, 0.3) is 5.91 Å². The van der Waals surface area contributed by atoms with Crippen LogP contribution in [0.3, 0.4) is 0 Å². The van der Waals surface area contributed by atoms with Crippen LogP contribution < -0.4 is 0 Å². The second-order valence-corrected chi connectivity index (χ2v) is 13.7. The highest BCUT2D eigenvalue weighted by Crippen LogP contribution is 2.31. The summed E-state index contributed by atoms with van der Waals surface area (Å²) in [4.78, 5) is 28.2. The molecule has 44 heavy (non-hydrogen) atoms.